The molecule has 2 N–H and O–H groups in total. The summed E-state index contributed by atoms with van der Waals surface area (Å²) in [6.07, 6.45) is 0. The lowest BCUT2D eigenvalue weighted by molar-refractivity contribution is -0.478. The lowest BCUT2D eigenvalue weighted by Gasteiger charge is -2.19. The molecule has 0 aliphatic rings. The van der Waals surface area contributed by atoms with E-state index in [9.17, 15) is 0 Å². The van der Waals surface area contributed by atoms with Crippen LogP contribution in [-0.4, -0.2) is 0 Å². The van der Waals surface area contributed by atoms with E-state index in [2.05, 4.69) is 121 Å². The largest absolute Gasteiger partial charge is 0.282 e. The molecule has 0 saturated carbocycles. The summed E-state index contributed by atoms with van der Waals surface area (Å²) in [4.78, 5) is 0. The summed E-state index contributed by atoms with van der Waals surface area (Å²) in [6.45, 7) is 6.12. The van der Waals surface area contributed by atoms with Crippen molar-refractivity contribution in [3.63, 3.8) is 0 Å². The molecule has 4 aromatic rings. The van der Waals surface area contributed by atoms with Gasteiger partial charge in [0.25, 0.3) is 0 Å². The van der Waals surface area contributed by atoms with Gasteiger partial charge in [0.15, 0.2) is 0 Å². The Morgan fingerprint density at radius 2 is 0.862 bits per heavy atom. The van der Waals surface area contributed by atoms with Gasteiger partial charge in [0.05, 0.1) is 0 Å². The molecule has 0 unspecified atom stereocenters. The highest BCUT2D eigenvalue weighted by Gasteiger charge is 2.16. The van der Waals surface area contributed by atoms with Crippen molar-refractivity contribution in [1.29, 1.82) is 0 Å². The highest BCUT2D eigenvalue weighted by atomic mass is 14.9. The van der Waals surface area contributed by atoms with Gasteiger partial charge in [-0.2, -0.15) is 0 Å². The molecule has 0 amide bonds. The average Bonchev–Trinajstić information content (AvgIpc) is 2.80. The quantitative estimate of drug-likeness (QED) is 0.292. The van der Waals surface area contributed by atoms with Gasteiger partial charge in [0, 0.05) is 5.92 Å². The summed E-state index contributed by atoms with van der Waals surface area (Å²) >= 11 is 0. The van der Waals surface area contributed by atoms with E-state index in [-0.39, 0.29) is 5.92 Å². The van der Waals surface area contributed by atoms with E-state index in [1.165, 1.54) is 33.6 Å². The summed E-state index contributed by atoms with van der Waals surface area (Å²) in [5.41, 5.74) is 7.70. The molecule has 4 rings (SSSR count). The molecular formula is C28H30N+. The van der Waals surface area contributed by atoms with E-state index >= 15 is 0 Å². The van der Waals surface area contributed by atoms with E-state index in [4.69, 9.17) is 0 Å². The fourth-order valence-corrected chi connectivity index (χ4v) is 3.51. The monoisotopic (exact) mass is 380 g/mol. The number of hydrogen-bond donors (Lipinski definition) is 1. The normalized spacial score (nSPS) is 10.3. The summed E-state index contributed by atoms with van der Waals surface area (Å²) in [6, 6.07) is 39.0. The first-order valence-corrected chi connectivity index (χ1v) is 10.4. The minimum atomic E-state index is 0.251. The van der Waals surface area contributed by atoms with E-state index in [0.29, 0.717) is 0 Å². The van der Waals surface area contributed by atoms with Crippen molar-refractivity contribution in [1.82, 2.24) is 0 Å². The van der Waals surface area contributed by atoms with Gasteiger partial charge in [0.2, 0.25) is 0 Å². The lowest BCUT2D eigenvalue weighted by Crippen LogP contribution is -2.70. The van der Waals surface area contributed by atoms with Crippen molar-refractivity contribution in [3.8, 4) is 0 Å². The summed E-state index contributed by atoms with van der Waals surface area (Å²) < 4.78 is 0. The smallest absolute Gasteiger partial charge is 0.134 e. The lowest BCUT2D eigenvalue weighted by atomic mass is 9.85. The fourth-order valence-electron chi connectivity index (χ4n) is 3.51. The van der Waals surface area contributed by atoms with Crippen LogP contribution in [0.25, 0.3) is 0 Å². The molecule has 0 aromatic heterocycles. The predicted octanol–water partition coefficient (Wildman–Crippen LogP) is 6.73. The minimum absolute atomic E-state index is 0.251. The second kappa shape index (κ2) is 10.4. The molecule has 1 nitrogen and oxygen atoms in total. The number of hydrogen-bond acceptors (Lipinski definition) is 0. The molecule has 0 atom stereocenters. The van der Waals surface area contributed by atoms with Gasteiger partial charge in [-0.25, -0.2) is 0 Å². The molecule has 0 radical (unpaired) electrons. The maximum atomic E-state index is 2.25. The summed E-state index contributed by atoms with van der Waals surface area (Å²) in [5, 5.41) is 2.23. The highest BCUT2D eigenvalue weighted by Crippen LogP contribution is 2.32. The molecule has 0 saturated heterocycles. The van der Waals surface area contributed by atoms with Crippen LogP contribution in [-0.2, 0) is 0 Å². The van der Waals surface area contributed by atoms with Crippen LogP contribution in [0, 0.1) is 6.92 Å². The van der Waals surface area contributed by atoms with Crippen molar-refractivity contribution in [2.45, 2.75) is 26.7 Å². The molecule has 0 fully saturated rings. The maximum absolute atomic E-state index is 2.25. The molecule has 146 valence electrons. The van der Waals surface area contributed by atoms with E-state index < -0.39 is 0 Å². The number of nitrogens with two attached hydrogens (primary N) is 1. The standard InChI is InChI=1S/C26H23N.C2H6/c1-20-12-16-24(17-13-20)27-25-18-14-23(15-19-25)26(21-8-4-2-5-9-21)22-10-6-3-7-11-22;1-2/h2-19,26-27H,1H3;1-2H3/p+1. The second-order valence-electron chi connectivity index (χ2n) is 6.98. The number of quaternary nitrogens is 1. The Bertz CT molecular complexity index is 932. The summed E-state index contributed by atoms with van der Waals surface area (Å²) in [7, 11) is 0. The van der Waals surface area contributed by atoms with Crippen LogP contribution in [0.5, 0.6) is 0 Å². The Balaban J connectivity index is 0.00000117. The molecule has 0 aliphatic carbocycles. The molecule has 4 aromatic carbocycles. The van der Waals surface area contributed by atoms with Crippen LogP contribution in [0.1, 0.15) is 42.0 Å². The van der Waals surface area contributed by atoms with Gasteiger partial charge in [-0.15, -0.1) is 0 Å². The van der Waals surface area contributed by atoms with Gasteiger partial charge in [-0.1, -0.05) is 104 Å². The zero-order valence-corrected chi connectivity index (χ0v) is 17.5. The molecule has 0 heterocycles. The Morgan fingerprint density at radius 1 is 0.483 bits per heavy atom. The van der Waals surface area contributed by atoms with Crippen LogP contribution < -0.4 is 5.32 Å². The van der Waals surface area contributed by atoms with Crippen LogP contribution in [0.2, 0.25) is 0 Å². The van der Waals surface area contributed by atoms with Gasteiger partial charge in [-0.05, 0) is 47.9 Å². The van der Waals surface area contributed by atoms with Crippen molar-refractivity contribution in [2.24, 2.45) is 0 Å². The fraction of sp³-hybridized carbons (Fsp3) is 0.143. The number of aryl methyl sites for hydroxylation is 1. The van der Waals surface area contributed by atoms with Crippen molar-refractivity contribution in [2.75, 3.05) is 0 Å². The van der Waals surface area contributed by atoms with Crippen molar-refractivity contribution >= 4 is 11.4 Å². The zero-order chi connectivity index (χ0) is 20.5. The topological polar surface area (TPSA) is 16.6 Å². The van der Waals surface area contributed by atoms with Gasteiger partial charge in [-0.3, -0.25) is 5.32 Å². The molecule has 1 heteroatoms. The third kappa shape index (κ3) is 5.43. The van der Waals surface area contributed by atoms with Gasteiger partial charge >= 0.3 is 0 Å². The maximum Gasteiger partial charge on any atom is 0.134 e. The van der Waals surface area contributed by atoms with Gasteiger partial charge < -0.3 is 0 Å². The van der Waals surface area contributed by atoms with Crippen LogP contribution in [0.3, 0.4) is 0 Å². The van der Waals surface area contributed by atoms with E-state index in [1.54, 1.807) is 0 Å². The van der Waals surface area contributed by atoms with Crippen LogP contribution in [0.4, 0.5) is 11.4 Å². The predicted molar refractivity (Wildman–Crippen MR) is 124 cm³/mol. The molecular weight excluding hydrogens is 350 g/mol. The third-order valence-corrected chi connectivity index (χ3v) is 4.95. The minimum Gasteiger partial charge on any atom is -0.282 e. The SMILES string of the molecule is CC.Cc1ccc([NH2+]c2ccc(C(c3ccccc3)c3ccccc3)cc2)cc1. The van der Waals surface area contributed by atoms with E-state index in [0.717, 1.165) is 0 Å². The van der Waals surface area contributed by atoms with Gasteiger partial charge in [0.1, 0.15) is 11.4 Å². The Labute approximate surface area is 175 Å². The van der Waals surface area contributed by atoms with Crippen molar-refractivity contribution < 1.29 is 5.32 Å². The van der Waals surface area contributed by atoms with Crippen LogP contribution >= 0.6 is 0 Å². The first-order chi connectivity index (χ1) is 14.3. The molecule has 29 heavy (non-hydrogen) atoms. The van der Waals surface area contributed by atoms with E-state index in [1.807, 2.05) is 13.8 Å². The Kier molecular flexibility index (Phi) is 7.38. The summed E-state index contributed by atoms with van der Waals surface area (Å²) in [5.74, 6) is 0.251. The highest BCUT2D eigenvalue weighted by molar-refractivity contribution is 5.46. The first kappa shape index (κ1) is 20.6. The zero-order valence-electron chi connectivity index (χ0n) is 17.5. The number of rotatable bonds is 5. The Hall–Kier alpha value is -3.16. The van der Waals surface area contributed by atoms with Crippen molar-refractivity contribution in [3.05, 3.63) is 131 Å². The Morgan fingerprint density at radius 3 is 1.31 bits per heavy atom. The average molecular weight is 381 g/mol. The third-order valence-electron chi connectivity index (χ3n) is 4.95. The second-order valence-corrected chi connectivity index (χ2v) is 6.98. The molecule has 0 aliphatic heterocycles. The molecule has 0 bridgehead atoms. The number of benzene rings is 4. The first-order valence-electron chi connectivity index (χ1n) is 10.4. The molecule has 0 spiro atoms. The van der Waals surface area contributed by atoms with Crippen LogP contribution in [0.15, 0.2) is 109 Å².